The first kappa shape index (κ1) is 27.5. The molecular formula is C46H30N2O. The predicted octanol–water partition coefficient (Wildman–Crippen LogP) is 13.4. The van der Waals surface area contributed by atoms with Crippen LogP contribution in [0.4, 0.5) is 34.1 Å². The second kappa shape index (κ2) is 11.0. The number of para-hydroxylation sites is 4. The van der Waals surface area contributed by atoms with Gasteiger partial charge in [-0.1, -0.05) is 115 Å². The Morgan fingerprint density at radius 3 is 1.35 bits per heavy atom. The van der Waals surface area contributed by atoms with Crippen molar-refractivity contribution >= 4 is 88.4 Å². The van der Waals surface area contributed by atoms with E-state index in [1.807, 2.05) is 12.1 Å². The molecule has 0 spiro atoms. The van der Waals surface area contributed by atoms with Crippen molar-refractivity contribution < 1.29 is 4.42 Å². The van der Waals surface area contributed by atoms with Crippen LogP contribution in [-0.4, -0.2) is 0 Å². The number of hydrogen-bond donors (Lipinski definition) is 0. The molecule has 0 amide bonds. The monoisotopic (exact) mass is 626 g/mol. The summed E-state index contributed by atoms with van der Waals surface area (Å²) in [5.74, 6) is 0. The lowest BCUT2D eigenvalue weighted by Gasteiger charge is -2.29. The minimum absolute atomic E-state index is 0.879. The molecule has 0 atom stereocenters. The Hall–Kier alpha value is -6.58. The summed E-state index contributed by atoms with van der Waals surface area (Å²) in [6.07, 6.45) is 0. The zero-order valence-corrected chi connectivity index (χ0v) is 26.6. The molecule has 1 heterocycles. The van der Waals surface area contributed by atoms with Crippen LogP contribution in [0.1, 0.15) is 0 Å². The van der Waals surface area contributed by atoms with Crippen LogP contribution in [0.25, 0.3) is 54.3 Å². The lowest BCUT2D eigenvalue weighted by molar-refractivity contribution is 0.669. The molecule has 0 saturated heterocycles. The highest BCUT2D eigenvalue weighted by molar-refractivity contribution is 6.28. The Morgan fingerprint density at radius 1 is 0.286 bits per heavy atom. The number of rotatable bonds is 6. The summed E-state index contributed by atoms with van der Waals surface area (Å²) < 4.78 is 6.37. The maximum atomic E-state index is 6.37. The molecule has 10 aromatic rings. The molecule has 0 saturated carbocycles. The quantitative estimate of drug-likeness (QED) is 0.171. The van der Waals surface area contributed by atoms with Gasteiger partial charge in [-0.2, -0.15) is 0 Å². The minimum Gasteiger partial charge on any atom is -0.456 e. The first-order valence-electron chi connectivity index (χ1n) is 16.7. The standard InChI is InChI=1S/C46H30N2O/c1-4-13-33(14-5-1)47(34-15-6-2-7-16-34)39-29-25-31-24-28-37-40(30-26-32-23-27-36(39)44(31)45(32)37)48(35-17-8-3-9-18-35)41-20-12-22-43-46(41)38-19-10-11-21-42(38)49-43/h1-30H. The highest BCUT2D eigenvalue weighted by Crippen LogP contribution is 2.49. The highest BCUT2D eigenvalue weighted by Gasteiger charge is 2.23. The van der Waals surface area contributed by atoms with Gasteiger partial charge in [-0.15, -0.1) is 0 Å². The Balaban J connectivity index is 1.27. The van der Waals surface area contributed by atoms with Gasteiger partial charge in [-0.3, -0.25) is 0 Å². The van der Waals surface area contributed by atoms with Crippen molar-refractivity contribution in [2.75, 3.05) is 9.80 Å². The minimum atomic E-state index is 0.879. The first-order valence-corrected chi connectivity index (χ1v) is 16.7. The Kier molecular flexibility index (Phi) is 6.18. The molecule has 10 rings (SSSR count). The third-order valence-electron chi connectivity index (χ3n) is 9.77. The van der Waals surface area contributed by atoms with Crippen LogP contribution in [0.3, 0.4) is 0 Å². The van der Waals surface area contributed by atoms with E-state index < -0.39 is 0 Å². The summed E-state index contributed by atoms with van der Waals surface area (Å²) in [5, 5.41) is 9.62. The summed E-state index contributed by atoms with van der Waals surface area (Å²) >= 11 is 0. The van der Waals surface area contributed by atoms with Gasteiger partial charge >= 0.3 is 0 Å². The molecule has 1 aromatic heterocycles. The average Bonchev–Trinajstić information content (AvgIpc) is 3.56. The van der Waals surface area contributed by atoms with E-state index in [1.54, 1.807) is 0 Å². The van der Waals surface area contributed by atoms with Crippen LogP contribution >= 0.6 is 0 Å². The molecule has 49 heavy (non-hydrogen) atoms. The topological polar surface area (TPSA) is 19.6 Å². The van der Waals surface area contributed by atoms with Gasteiger partial charge in [0.15, 0.2) is 0 Å². The SMILES string of the molecule is c1ccc(N(c2ccccc2)c2ccc3ccc4c(N(c5ccccc5)c5cccc6oc7ccccc7c56)ccc5ccc2c3c54)cc1. The highest BCUT2D eigenvalue weighted by atomic mass is 16.3. The Labute approximate surface area is 283 Å². The van der Waals surface area contributed by atoms with Crippen molar-refractivity contribution in [3.05, 3.63) is 182 Å². The van der Waals surface area contributed by atoms with Gasteiger partial charge in [0, 0.05) is 33.2 Å². The van der Waals surface area contributed by atoms with E-state index in [1.165, 1.54) is 32.3 Å². The van der Waals surface area contributed by atoms with E-state index in [2.05, 4.69) is 180 Å². The third kappa shape index (κ3) is 4.29. The largest absolute Gasteiger partial charge is 0.456 e. The fraction of sp³-hybridized carbons (Fsp3) is 0. The normalized spacial score (nSPS) is 11.7. The molecule has 3 heteroatoms. The van der Waals surface area contributed by atoms with Crippen LogP contribution in [-0.2, 0) is 0 Å². The number of furan rings is 1. The summed E-state index contributed by atoms with van der Waals surface area (Å²) in [6.45, 7) is 0. The molecule has 0 aliphatic carbocycles. The van der Waals surface area contributed by atoms with E-state index in [0.717, 1.165) is 56.1 Å². The smallest absolute Gasteiger partial charge is 0.137 e. The van der Waals surface area contributed by atoms with Gasteiger partial charge in [0.2, 0.25) is 0 Å². The lowest BCUT2D eigenvalue weighted by atomic mass is 9.91. The number of nitrogens with zero attached hydrogens (tertiary/aromatic N) is 2. The number of fused-ring (bicyclic) bond motifs is 3. The predicted molar refractivity (Wildman–Crippen MR) is 207 cm³/mol. The van der Waals surface area contributed by atoms with E-state index in [4.69, 9.17) is 4.42 Å². The summed E-state index contributed by atoms with van der Waals surface area (Å²) in [6, 6.07) is 64.9. The van der Waals surface area contributed by atoms with Crippen molar-refractivity contribution in [3.8, 4) is 0 Å². The fourth-order valence-electron chi connectivity index (χ4n) is 7.67. The molecule has 0 bridgehead atoms. The van der Waals surface area contributed by atoms with Gasteiger partial charge in [-0.25, -0.2) is 0 Å². The van der Waals surface area contributed by atoms with Crippen molar-refractivity contribution in [1.82, 2.24) is 0 Å². The average molecular weight is 627 g/mol. The summed E-state index contributed by atoms with van der Waals surface area (Å²) in [5.41, 5.74) is 8.48. The van der Waals surface area contributed by atoms with Crippen LogP contribution in [0.2, 0.25) is 0 Å². The van der Waals surface area contributed by atoms with Gasteiger partial charge in [0.05, 0.1) is 22.4 Å². The van der Waals surface area contributed by atoms with Crippen molar-refractivity contribution in [3.63, 3.8) is 0 Å². The molecule has 9 aromatic carbocycles. The molecular weight excluding hydrogens is 597 g/mol. The molecule has 0 fully saturated rings. The summed E-state index contributed by atoms with van der Waals surface area (Å²) in [7, 11) is 0. The van der Waals surface area contributed by atoms with E-state index in [9.17, 15) is 0 Å². The zero-order chi connectivity index (χ0) is 32.3. The van der Waals surface area contributed by atoms with Gasteiger partial charge in [0.25, 0.3) is 0 Å². The molecule has 0 radical (unpaired) electrons. The number of hydrogen-bond acceptors (Lipinski definition) is 3. The van der Waals surface area contributed by atoms with E-state index in [-0.39, 0.29) is 0 Å². The maximum absolute atomic E-state index is 6.37. The molecule has 0 unspecified atom stereocenters. The van der Waals surface area contributed by atoms with E-state index >= 15 is 0 Å². The number of benzene rings is 9. The van der Waals surface area contributed by atoms with Crippen molar-refractivity contribution in [2.45, 2.75) is 0 Å². The molecule has 0 N–H and O–H groups in total. The van der Waals surface area contributed by atoms with Crippen LogP contribution in [0.15, 0.2) is 186 Å². The lowest BCUT2D eigenvalue weighted by Crippen LogP contribution is -2.11. The molecule has 0 aliphatic heterocycles. The van der Waals surface area contributed by atoms with Crippen LogP contribution in [0.5, 0.6) is 0 Å². The Bertz CT molecular complexity index is 2730. The van der Waals surface area contributed by atoms with E-state index in [0.29, 0.717) is 0 Å². The third-order valence-corrected chi connectivity index (χ3v) is 9.77. The van der Waals surface area contributed by atoms with Gasteiger partial charge in [0.1, 0.15) is 11.2 Å². The second-order valence-electron chi connectivity index (χ2n) is 12.5. The molecule has 3 nitrogen and oxygen atoms in total. The Morgan fingerprint density at radius 2 is 0.755 bits per heavy atom. The van der Waals surface area contributed by atoms with Gasteiger partial charge in [-0.05, 0) is 88.3 Å². The fourth-order valence-corrected chi connectivity index (χ4v) is 7.67. The first-order chi connectivity index (χ1) is 24.3. The van der Waals surface area contributed by atoms with Crippen molar-refractivity contribution in [2.24, 2.45) is 0 Å². The van der Waals surface area contributed by atoms with Gasteiger partial charge < -0.3 is 14.2 Å². The van der Waals surface area contributed by atoms with Crippen LogP contribution < -0.4 is 9.80 Å². The molecule has 230 valence electrons. The number of anilines is 6. The maximum Gasteiger partial charge on any atom is 0.137 e. The van der Waals surface area contributed by atoms with Crippen molar-refractivity contribution in [1.29, 1.82) is 0 Å². The molecule has 0 aliphatic rings. The zero-order valence-electron chi connectivity index (χ0n) is 26.6. The second-order valence-corrected chi connectivity index (χ2v) is 12.5. The summed E-state index contributed by atoms with van der Waals surface area (Å²) in [4.78, 5) is 4.77. The van der Waals surface area contributed by atoms with Crippen LogP contribution in [0, 0.1) is 0 Å².